The summed E-state index contributed by atoms with van der Waals surface area (Å²) < 4.78 is 0. The Morgan fingerprint density at radius 3 is 2.00 bits per heavy atom. The van der Waals surface area contributed by atoms with Gasteiger partial charge in [-0.1, -0.05) is 84.9 Å². The minimum absolute atomic E-state index is 0.139. The molecule has 0 saturated heterocycles. The van der Waals surface area contributed by atoms with E-state index in [1.165, 1.54) is 6.07 Å². The third kappa shape index (κ3) is 4.55. The minimum atomic E-state index is -0.325. The first-order valence-corrected chi connectivity index (χ1v) is 9.53. The summed E-state index contributed by atoms with van der Waals surface area (Å²) in [6.45, 7) is 0. The molecule has 0 aliphatic heterocycles. The summed E-state index contributed by atoms with van der Waals surface area (Å²) in [4.78, 5) is 31.7. The van der Waals surface area contributed by atoms with E-state index in [4.69, 9.17) is 0 Å². The molecule has 0 radical (unpaired) electrons. The lowest BCUT2D eigenvalue weighted by Gasteiger charge is -2.06. The average Bonchev–Trinajstić information content (AvgIpc) is 2.78. The molecule has 1 N–H and O–H groups in total. The van der Waals surface area contributed by atoms with Crippen molar-refractivity contribution in [3.63, 3.8) is 0 Å². The molecule has 0 atom stereocenters. The van der Waals surface area contributed by atoms with Crippen molar-refractivity contribution in [3.05, 3.63) is 113 Å². The summed E-state index contributed by atoms with van der Waals surface area (Å²) in [5, 5.41) is 0. The van der Waals surface area contributed by atoms with Crippen LogP contribution >= 0.6 is 0 Å². The predicted molar refractivity (Wildman–Crippen MR) is 115 cm³/mol. The summed E-state index contributed by atoms with van der Waals surface area (Å²) in [5.74, 6) is 0.272. The molecule has 1 aromatic heterocycles. The van der Waals surface area contributed by atoms with Crippen molar-refractivity contribution < 1.29 is 4.79 Å². The number of benzene rings is 3. The third-order valence-corrected chi connectivity index (χ3v) is 4.78. The van der Waals surface area contributed by atoms with Gasteiger partial charge >= 0.3 is 0 Å². The first kappa shape index (κ1) is 18.6. The van der Waals surface area contributed by atoms with Gasteiger partial charge in [0.05, 0.1) is 0 Å². The normalized spacial score (nSPS) is 10.6. The molecule has 0 saturated carbocycles. The lowest BCUT2D eigenvalue weighted by atomic mass is 10.0. The first-order valence-electron chi connectivity index (χ1n) is 9.53. The van der Waals surface area contributed by atoms with Gasteiger partial charge in [0.25, 0.3) is 5.56 Å². The number of aromatic nitrogens is 2. The topological polar surface area (TPSA) is 62.8 Å². The molecule has 0 aliphatic carbocycles. The highest BCUT2D eigenvalue weighted by Crippen LogP contribution is 2.20. The Kier molecular flexibility index (Phi) is 5.43. The summed E-state index contributed by atoms with van der Waals surface area (Å²) in [7, 11) is 0. The van der Waals surface area contributed by atoms with Gasteiger partial charge < -0.3 is 4.98 Å². The lowest BCUT2D eigenvalue weighted by molar-refractivity contribution is 0.0978. The molecule has 1 heterocycles. The van der Waals surface area contributed by atoms with Crippen molar-refractivity contribution in [2.75, 3.05) is 0 Å². The second-order valence-corrected chi connectivity index (χ2v) is 6.83. The van der Waals surface area contributed by atoms with Crippen LogP contribution in [0.1, 0.15) is 22.5 Å². The van der Waals surface area contributed by atoms with E-state index in [0.29, 0.717) is 18.7 Å². The van der Waals surface area contributed by atoms with Crippen molar-refractivity contribution in [2.24, 2.45) is 0 Å². The number of H-pyrrole nitrogens is 1. The number of rotatable bonds is 6. The zero-order valence-electron chi connectivity index (χ0n) is 15.8. The number of ketones is 1. The average molecular weight is 380 g/mol. The van der Waals surface area contributed by atoms with Crippen LogP contribution in [0.25, 0.3) is 22.5 Å². The Labute approximate surface area is 168 Å². The van der Waals surface area contributed by atoms with Crippen molar-refractivity contribution in [1.82, 2.24) is 9.97 Å². The molecule has 4 heteroatoms. The SMILES string of the molecule is O=C(CCc1ccc(-c2ccccc2)cc1)c1cc(=O)[nH]c(-c2ccccc2)n1. The fourth-order valence-electron chi connectivity index (χ4n) is 3.21. The van der Waals surface area contributed by atoms with Crippen molar-refractivity contribution in [2.45, 2.75) is 12.8 Å². The molecule has 29 heavy (non-hydrogen) atoms. The molecule has 0 bridgehead atoms. The molecule has 0 spiro atoms. The zero-order chi connectivity index (χ0) is 20.1. The van der Waals surface area contributed by atoms with Crippen LogP contribution in [-0.4, -0.2) is 15.8 Å². The molecule has 0 unspecified atom stereocenters. The van der Waals surface area contributed by atoms with Gasteiger partial charge in [-0.2, -0.15) is 0 Å². The Morgan fingerprint density at radius 2 is 1.34 bits per heavy atom. The Balaban J connectivity index is 1.46. The van der Waals surface area contributed by atoms with Crippen LogP contribution in [0.5, 0.6) is 0 Å². The number of hydrogen-bond acceptors (Lipinski definition) is 3. The lowest BCUT2D eigenvalue weighted by Crippen LogP contribution is -2.14. The Hall–Kier alpha value is -3.79. The van der Waals surface area contributed by atoms with Crippen molar-refractivity contribution in [3.8, 4) is 22.5 Å². The van der Waals surface area contributed by atoms with Gasteiger partial charge in [-0.15, -0.1) is 0 Å². The van der Waals surface area contributed by atoms with E-state index in [0.717, 1.165) is 22.3 Å². The van der Waals surface area contributed by atoms with Gasteiger partial charge in [0.15, 0.2) is 5.78 Å². The van der Waals surface area contributed by atoms with E-state index in [9.17, 15) is 9.59 Å². The zero-order valence-corrected chi connectivity index (χ0v) is 15.8. The van der Waals surface area contributed by atoms with Gasteiger partial charge in [-0.25, -0.2) is 4.98 Å². The second kappa shape index (κ2) is 8.48. The van der Waals surface area contributed by atoms with Gasteiger partial charge in [-0.3, -0.25) is 9.59 Å². The highest BCUT2D eigenvalue weighted by Gasteiger charge is 2.12. The van der Waals surface area contributed by atoms with Gasteiger partial charge in [0, 0.05) is 18.1 Å². The number of carbonyl (C=O) groups is 1. The van der Waals surface area contributed by atoms with Crippen LogP contribution < -0.4 is 5.56 Å². The smallest absolute Gasteiger partial charge is 0.251 e. The number of carbonyl (C=O) groups excluding carboxylic acids is 1. The van der Waals surface area contributed by atoms with Gasteiger partial charge in [-0.05, 0) is 23.1 Å². The highest BCUT2D eigenvalue weighted by atomic mass is 16.1. The number of nitrogens with one attached hydrogen (secondary N) is 1. The predicted octanol–water partition coefficient (Wildman–Crippen LogP) is 4.92. The van der Waals surface area contributed by atoms with E-state index < -0.39 is 0 Å². The van der Waals surface area contributed by atoms with E-state index in [1.54, 1.807) is 0 Å². The maximum Gasteiger partial charge on any atom is 0.251 e. The Morgan fingerprint density at radius 1 is 0.759 bits per heavy atom. The van der Waals surface area contributed by atoms with Crippen molar-refractivity contribution >= 4 is 5.78 Å². The second-order valence-electron chi connectivity index (χ2n) is 6.83. The van der Waals surface area contributed by atoms with Gasteiger partial charge in [0.1, 0.15) is 11.5 Å². The van der Waals surface area contributed by atoms with Gasteiger partial charge in [0.2, 0.25) is 0 Å². The molecule has 3 aromatic carbocycles. The first-order chi connectivity index (χ1) is 14.2. The Bertz CT molecular complexity index is 1160. The highest BCUT2D eigenvalue weighted by molar-refractivity contribution is 5.94. The van der Waals surface area contributed by atoms with E-state index in [1.807, 2.05) is 60.7 Å². The number of Topliss-reactive ketones (excluding diaryl/α,β-unsaturated/α-hetero) is 1. The van der Waals surface area contributed by atoms with Crippen LogP contribution in [0.3, 0.4) is 0 Å². The van der Waals surface area contributed by atoms with E-state index in [2.05, 4.69) is 34.2 Å². The fraction of sp³-hybridized carbons (Fsp3) is 0.0800. The van der Waals surface area contributed by atoms with Crippen LogP contribution in [0.4, 0.5) is 0 Å². The molecular formula is C25H20N2O2. The molecule has 4 nitrogen and oxygen atoms in total. The number of nitrogens with zero attached hydrogens (tertiary/aromatic N) is 1. The third-order valence-electron chi connectivity index (χ3n) is 4.78. The van der Waals surface area contributed by atoms with Crippen LogP contribution in [0.2, 0.25) is 0 Å². The molecular weight excluding hydrogens is 360 g/mol. The van der Waals surface area contributed by atoms with Crippen LogP contribution in [0, 0.1) is 0 Å². The summed E-state index contributed by atoms with van der Waals surface area (Å²) in [6, 6.07) is 29.0. The van der Waals surface area contributed by atoms with Crippen LogP contribution in [0.15, 0.2) is 95.8 Å². The largest absolute Gasteiger partial charge is 0.306 e. The maximum atomic E-state index is 12.6. The molecule has 0 aliphatic rings. The summed E-state index contributed by atoms with van der Waals surface area (Å²) in [5.41, 5.74) is 4.03. The maximum absolute atomic E-state index is 12.6. The summed E-state index contributed by atoms with van der Waals surface area (Å²) in [6.07, 6.45) is 0.901. The molecule has 142 valence electrons. The minimum Gasteiger partial charge on any atom is -0.306 e. The summed E-state index contributed by atoms with van der Waals surface area (Å²) >= 11 is 0. The number of aryl methyl sites for hydroxylation is 1. The molecule has 4 aromatic rings. The quantitative estimate of drug-likeness (QED) is 0.483. The molecule has 4 rings (SSSR count). The molecule has 0 amide bonds. The fourth-order valence-corrected chi connectivity index (χ4v) is 3.21. The van der Waals surface area contributed by atoms with Crippen molar-refractivity contribution in [1.29, 1.82) is 0 Å². The monoisotopic (exact) mass is 380 g/mol. The van der Waals surface area contributed by atoms with E-state index in [-0.39, 0.29) is 17.0 Å². The standard InChI is InChI=1S/C25H20N2O2/c28-23(22-17-24(29)27-25(26-22)21-9-5-2-6-10-21)16-13-18-11-14-20(15-12-18)19-7-3-1-4-8-19/h1-12,14-15,17H,13,16H2,(H,26,27,29). The number of hydrogen-bond donors (Lipinski definition) is 1. The van der Waals surface area contributed by atoms with E-state index >= 15 is 0 Å². The molecule has 0 fully saturated rings. The van der Waals surface area contributed by atoms with Crippen LogP contribution in [-0.2, 0) is 6.42 Å². The number of aromatic amines is 1.